The maximum atomic E-state index is 10.9. The maximum absolute atomic E-state index is 10.9. The van der Waals surface area contributed by atoms with Crippen molar-refractivity contribution in [3.8, 4) is 16.3 Å². The lowest BCUT2D eigenvalue weighted by atomic mass is 10.2. The fourth-order valence-electron chi connectivity index (χ4n) is 2.82. The van der Waals surface area contributed by atoms with E-state index in [0.29, 0.717) is 5.69 Å². The topological polar surface area (TPSA) is 99.2 Å². The highest BCUT2D eigenvalue weighted by Crippen LogP contribution is 2.33. The van der Waals surface area contributed by atoms with E-state index in [-0.39, 0.29) is 13.2 Å². The molecule has 2 N–H and O–H groups in total. The Hall–Kier alpha value is -3.46. The number of carbonyl (C=O) groups is 1. The Bertz CT molecular complexity index is 1150. The number of ether oxygens (including phenoxy) is 1. The largest absolute Gasteiger partial charge is 0.487 e. The van der Waals surface area contributed by atoms with Crippen LogP contribution >= 0.6 is 11.3 Å². The van der Waals surface area contributed by atoms with Crippen LogP contribution in [-0.2, 0) is 17.9 Å². The van der Waals surface area contributed by atoms with Gasteiger partial charge < -0.3 is 15.4 Å². The van der Waals surface area contributed by atoms with Crippen molar-refractivity contribution in [1.82, 2.24) is 20.0 Å². The number of anilines is 1. The van der Waals surface area contributed by atoms with E-state index in [4.69, 9.17) is 15.5 Å². The number of thiazole rings is 1. The molecule has 2 aromatic carbocycles. The van der Waals surface area contributed by atoms with Crippen molar-refractivity contribution in [2.24, 2.45) is 5.73 Å². The van der Waals surface area contributed by atoms with E-state index in [1.165, 1.54) is 4.68 Å². The number of benzene rings is 2. The SMILES string of the molecule is CN(C)c1ccc(-c2nc3ccc(OCc4cn(CC(N)=O)nn4)cc3s2)cc1. The van der Waals surface area contributed by atoms with Crippen molar-refractivity contribution in [2.45, 2.75) is 13.2 Å². The Balaban J connectivity index is 1.48. The van der Waals surface area contributed by atoms with Gasteiger partial charge in [-0.15, -0.1) is 16.4 Å². The van der Waals surface area contributed by atoms with Gasteiger partial charge in [0.05, 0.1) is 16.4 Å². The number of nitrogens with two attached hydrogens (primary N) is 1. The van der Waals surface area contributed by atoms with Gasteiger partial charge in [-0.05, 0) is 42.5 Å². The number of hydrogen-bond donors (Lipinski definition) is 1. The first kappa shape index (κ1) is 18.9. The summed E-state index contributed by atoms with van der Waals surface area (Å²) in [6.45, 7) is 0.250. The predicted octanol–water partition coefficient (Wildman–Crippen LogP) is 2.69. The Kier molecular flexibility index (Phi) is 5.13. The van der Waals surface area contributed by atoms with Crippen molar-refractivity contribution < 1.29 is 9.53 Å². The lowest BCUT2D eigenvalue weighted by molar-refractivity contribution is -0.118. The highest BCUT2D eigenvalue weighted by molar-refractivity contribution is 7.21. The quantitative estimate of drug-likeness (QED) is 0.505. The summed E-state index contributed by atoms with van der Waals surface area (Å²) in [6.07, 6.45) is 1.64. The van der Waals surface area contributed by atoms with Gasteiger partial charge in [-0.25, -0.2) is 9.67 Å². The average molecular weight is 408 g/mol. The third kappa shape index (κ3) is 4.35. The van der Waals surface area contributed by atoms with E-state index in [1.54, 1.807) is 17.5 Å². The first-order valence-corrected chi connectivity index (χ1v) is 9.78. The van der Waals surface area contributed by atoms with Crippen LogP contribution in [0, 0.1) is 0 Å². The van der Waals surface area contributed by atoms with Gasteiger partial charge in [0.25, 0.3) is 0 Å². The number of rotatable bonds is 7. The zero-order chi connectivity index (χ0) is 20.4. The third-order valence-corrected chi connectivity index (χ3v) is 5.35. The molecule has 4 aromatic rings. The molecule has 0 aliphatic rings. The minimum Gasteiger partial charge on any atom is -0.487 e. The number of aromatic nitrogens is 4. The minimum absolute atomic E-state index is 0.00186. The molecule has 29 heavy (non-hydrogen) atoms. The van der Waals surface area contributed by atoms with Crippen LogP contribution in [0.3, 0.4) is 0 Å². The molecule has 2 heterocycles. The molecule has 0 spiro atoms. The van der Waals surface area contributed by atoms with Crippen LogP contribution in [0.5, 0.6) is 5.75 Å². The van der Waals surface area contributed by atoms with Crippen LogP contribution in [0.1, 0.15) is 5.69 Å². The molecule has 0 saturated carbocycles. The molecular weight excluding hydrogens is 388 g/mol. The summed E-state index contributed by atoms with van der Waals surface area (Å²) in [5.74, 6) is 0.255. The zero-order valence-corrected chi connectivity index (χ0v) is 16.9. The number of amides is 1. The molecule has 2 aromatic heterocycles. The second kappa shape index (κ2) is 7.88. The number of hydrogen-bond acceptors (Lipinski definition) is 7. The predicted molar refractivity (Wildman–Crippen MR) is 113 cm³/mol. The van der Waals surface area contributed by atoms with Crippen LogP contribution in [0.15, 0.2) is 48.7 Å². The molecule has 0 fully saturated rings. The molecule has 0 atom stereocenters. The molecule has 0 radical (unpaired) electrons. The van der Waals surface area contributed by atoms with Gasteiger partial charge in [0, 0.05) is 25.3 Å². The van der Waals surface area contributed by atoms with E-state index in [2.05, 4.69) is 39.5 Å². The molecule has 148 valence electrons. The molecule has 8 nitrogen and oxygen atoms in total. The lowest BCUT2D eigenvalue weighted by Crippen LogP contribution is -2.18. The highest BCUT2D eigenvalue weighted by atomic mass is 32.1. The molecule has 4 rings (SSSR count). The number of carbonyl (C=O) groups excluding carboxylic acids is 1. The molecule has 0 aliphatic carbocycles. The minimum atomic E-state index is -0.467. The summed E-state index contributed by atoms with van der Waals surface area (Å²) in [7, 11) is 4.04. The van der Waals surface area contributed by atoms with Gasteiger partial charge in [-0.1, -0.05) is 5.21 Å². The molecular formula is C20H20N6O2S. The number of primary amides is 1. The lowest BCUT2D eigenvalue weighted by Gasteiger charge is -2.11. The van der Waals surface area contributed by atoms with Crippen molar-refractivity contribution in [3.63, 3.8) is 0 Å². The normalized spacial score (nSPS) is 11.0. The van der Waals surface area contributed by atoms with Crippen LogP contribution < -0.4 is 15.4 Å². The summed E-state index contributed by atoms with van der Waals surface area (Å²) in [6, 6.07) is 14.1. The Morgan fingerprint density at radius 2 is 2.00 bits per heavy atom. The van der Waals surface area contributed by atoms with Gasteiger partial charge in [0.1, 0.15) is 29.6 Å². The highest BCUT2D eigenvalue weighted by Gasteiger charge is 2.09. The zero-order valence-electron chi connectivity index (χ0n) is 16.1. The van der Waals surface area contributed by atoms with Crippen molar-refractivity contribution >= 4 is 33.1 Å². The van der Waals surface area contributed by atoms with Gasteiger partial charge in [-0.3, -0.25) is 4.79 Å². The summed E-state index contributed by atoms with van der Waals surface area (Å²) >= 11 is 1.62. The van der Waals surface area contributed by atoms with E-state index >= 15 is 0 Å². The van der Waals surface area contributed by atoms with Crippen molar-refractivity contribution in [2.75, 3.05) is 19.0 Å². The number of nitrogens with zero attached hydrogens (tertiary/aromatic N) is 5. The molecule has 0 unspecified atom stereocenters. The molecule has 9 heteroatoms. The Labute approximate surface area is 171 Å². The van der Waals surface area contributed by atoms with Gasteiger partial charge in [0.2, 0.25) is 5.91 Å². The summed E-state index contributed by atoms with van der Waals surface area (Å²) in [5, 5.41) is 8.79. The molecule has 0 bridgehead atoms. The fourth-order valence-corrected chi connectivity index (χ4v) is 3.82. The van der Waals surface area contributed by atoms with E-state index in [9.17, 15) is 4.79 Å². The standard InChI is InChI=1S/C20H20N6O2S/c1-25(2)15-5-3-13(4-6-15)20-22-17-8-7-16(9-18(17)29-20)28-12-14-10-26(24-23-14)11-19(21)27/h3-10H,11-12H2,1-2H3,(H2,21,27). The van der Waals surface area contributed by atoms with Crippen LogP contribution in [0.2, 0.25) is 0 Å². The fraction of sp³-hybridized carbons (Fsp3) is 0.200. The van der Waals surface area contributed by atoms with Gasteiger partial charge >= 0.3 is 0 Å². The Morgan fingerprint density at radius 3 is 2.72 bits per heavy atom. The average Bonchev–Trinajstić information content (AvgIpc) is 3.32. The molecule has 0 saturated heterocycles. The van der Waals surface area contributed by atoms with Crippen molar-refractivity contribution in [3.05, 3.63) is 54.4 Å². The second-order valence-electron chi connectivity index (χ2n) is 6.75. The first-order chi connectivity index (χ1) is 14.0. The van der Waals surface area contributed by atoms with Gasteiger partial charge in [0.15, 0.2) is 0 Å². The first-order valence-electron chi connectivity index (χ1n) is 8.96. The third-order valence-electron chi connectivity index (χ3n) is 4.28. The number of fused-ring (bicyclic) bond motifs is 1. The summed E-state index contributed by atoms with van der Waals surface area (Å²) < 4.78 is 8.25. The Morgan fingerprint density at radius 1 is 1.21 bits per heavy atom. The molecule has 0 aliphatic heterocycles. The van der Waals surface area contributed by atoms with Crippen LogP contribution in [0.4, 0.5) is 5.69 Å². The summed E-state index contributed by atoms with van der Waals surface area (Å²) in [5.41, 5.74) is 8.94. The second-order valence-corrected chi connectivity index (χ2v) is 7.78. The van der Waals surface area contributed by atoms with Gasteiger partial charge in [-0.2, -0.15) is 0 Å². The van der Waals surface area contributed by atoms with E-state index in [1.807, 2.05) is 32.3 Å². The van der Waals surface area contributed by atoms with E-state index < -0.39 is 5.91 Å². The monoisotopic (exact) mass is 408 g/mol. The molecule has 1 amide bonds. The van der Waals surface area contributed by atoms with Crippen LogP contribution in [-0.4, -0.2) is 40.0 Å². The summed E-state index contributed by atoms with van der Waals surface area (Å²) in [4.78, 5) is 17.7. The smallest absolute Gasteiger partial charge is 0.239 e. The van der Waals surface area contributed by atoms with Crippen LogP contribution in [0.25, 0.3) is 20.8 Å². The maximum Gasteiger partial charge on any atom is 0.239 e. The van der Waals surface area contributed by atoms with E-state index in [0.717, 1.165) is 32.2 Å². The van der Waals surface area contributed by atoms with Crippen molar-refractivity contribution in [1.29, 1.82) is 0 Å².